The van der Waals surface area contributed by atoms with Gasteiger partial charge in [-0.05, 0) is 58.7 Å². The summed E-state index contributed by atoms with van der Waals surface area (Å²) in [5, 5.41) is 3.08. The molecule has 38 heavy (non-hydrogen) atoms. The lowest BCUT2D eigenvalue weighted by Gasteiger charge is -2.40. The number of nitrogens with zero attached hydrogens (tertiary/aromatic N) is 2. The molecule has 0 unspecified atom stereocenters. The van der Waals surface area contributed by atoms with Crippen LogP contribution in [0.25, 0.3) is 0 Å². The zero-order valence-electron chi connectivity index (χ0n) is 22.2. The SMILES string of the molecule is CC(C)(C)OC(=O)N1CC[C@H](NC(=O)C(C)(C)COc2ncccc2OC(F)(F)F)[C@@H](c2ccccc2)C1. The number of piperidine rings is 1. The molecule has 0 bridgehead atoms. The molecular weight excluding hydrogens is 503 g/mol. The highest BCUT2D eigenvalue weighted by Crippen LogP contribution is 2.32. The van der Waals surface area contributed by atoms with E-state index in [1.54, 1.807) is 39.5 Å². The molecule has 1 aliphatic heterocycles. The second-order valence-corrected chi connectivity index (χ2v) is 10.8. The lowest BCUT2D eigenvalue weighted by atomic mass is 9.84. The Morgan fingerprint density at radius 3 is 2.37 bits per heavy atom. The van der Waals surface area contributed by atoms with E-state index < -0.39 is 29.2 Å². The van der Waals surface area contributed by atoms with Crippen LogP contribution >= 0.6 is 0 Å². The van der Waals surface area contributed by atoms with Gasteiger partial charge in [0.1, 0.15) is 12.2 Å². The van der Waals surface area contributed by atoms with Gasteiger partial charge in [0.05, 0.1) is 5.41 Å². The summed E-state index contributed by atoms with van der Waals surface area (Å²) in [7, 11) is 0. The topological polar surface area (TPSA) is 90.0 Å². The predicted molar refractivity (Wildman–Crippen MR) is 134 cm³/mol. The minimum absolute atomic E-state index is 0.194. The number of aromatic nitrogens is 1. The number of likely N-dealkylation sites (tertiary alicyclic amines) is 1. The number of carbonyl (C=O) groups is 2. The molecule has 11 heteroatoms. The molecule has 0 aliphatic carbocycles. The maximum Gasteiger partial charge on any atom is 0.573 e. The summed E-state index contributed by atoms with van der Waals surface area (Å²) in [5.41, 5.74) is -0.786. The lowest BCUT2D eigenvalue weighted by molar-refractivity contribution is -0.275. The highest BCUT2D eigenvalue weighted by molar-refractivity contribution is 5.82. The van der Waals surface area contributed by atoms with Crippen molar-refractivity contribution in [1.82, 2.24) is 15.2 Å². The Kier molecular flexibility index (Phi) is 8.79. The van der Waals surface area contributed by atoms with Gasteiger partial charge in [0, 0.05) is 31.2 Å². The lowest BCUT2D eigenvalue weighted by Crippen LogP contribution is -2.54. The van der Waals surface area contributed by atoms with Crippen molar-refractivity contribution in [3.63, 3.8) is 0 Å². The number of ether oxygens (including phenoxy) is 3. The summed E-state index contributed by atoms with van der Waals surface area (Å²) >= 11 is 0. The van der Waals surface area contributed by atoms with Crippen molar-refractivity contribution >= 4 is 12.0 Å². The van der Waals surface area contributed by atoms with E-state index in [0.29, 0.717) is 19.5 Å². The molecule has 2 aromatic rings. The molecule has 1 saturated heterocycles. The van der Waals surface area contributed by atoms with Crippen molar-refractivity contribution in [2.24, 2.45) is 5.41 Å². The molecule has 2 heterocycles. The molecule has 1 N–H and O–H groups in total. The number of hydrogen-bond donors (Lipinski definition) is 1. The maximum atomic E-state index is 13.3. The number of nitrogens with one attached hydrogen (secondary N) is 1. The van der Waals surface area contributed by atoms with Crippen LogP contribution in [0.5, 0.6) is 11.6 Å². The largest absolute Gasteiger partial charge is 0.573 e. The van der Waals surface area contributed by atoms with Crippen LogP contribution in [0.4, 0.5) is 18.0 Å². The van der Waals surface area contributed by atoms with Gasteiger partial charge in [0.15, 0.2) is 5.75 Å². The Labute approximate surface area is 220 Å². The van der Waals surface area contributed by atoms with E-state index in [1.807, 2.05) is 30.3 Å². The normalized spacial score (nSPS) is 18.5. The standard InChI is InChI=1S/C27H34F3N3O5/c1-25(2,3)38-24(35)33-15-13-20(19(16-33)18-10-7-6-8-11-18)32-23(34)26(4,5)17-36-22-21(12-9-14-31-22)37-27(28,29)30/h6-12,14,19-20H,13,15-17H2,1-5H3,(H,32,34)/t19-,20+/m1/s1. The number of pyridine rings is 1. The fourth-order valence-electron chi connectivity index (χ4n) is 4.02. The molecule has 3 rings (SSSR count). The first kappa shape index (κ1) is 29.1. The Balaban J connectivity index is 1.70. The van der Waals surface area contributed by atoms with Crippen LogP contribution in [0.1, 0.15) is 52.5 Å². The van der Waals surface area contributed by atoms with Crippen LogP contribution in [0.2, 0.25) is 0 Å². The molecular formula is C27H34F3N3O5. The minimum atomic E-state index is -4.91. The van der Waals surface area contributed by atoms with Crippen LogP contribution in [0.15, 0.2) is 48.7 Å². The number of alkyl halides is 3. The molecule has 0 saturated carbocycles. The summed E-state index contributed by atoms with van der Waals surface area (Å²) in [6, 6.07) is 11.7. The van der Waals surface area contributed by atoms with Gasteiger partial charge in [-0.2, -0.15) is 0 Å². The van der Waals surface area contributed by atoms with Gasteiger partial charge in [-0.25, -0.2) is 9.78 Å². The molecule has 2 amide bonds. The van der Waals surface area contributed by atoms with Gasteiger partial charge in [-0.15, -0.1) is 13.2 Å². The van der Waals surface area contributed by atoms with Gasteiger partial charge in [-0.3, -0.25) is 4.79 Å². The number of rotatable bonds is 7. The van der Waals surface area contributed by atoms with Crippen LogP contribution in [0, 0.1) is 5.41 Å². The first-order valence-electron chi connectivity index (χ1n) is 12.3. The third-order valence-corrected chi connectivity index (χ3v) is 5.96. The van der Waals surface area contributed by atoms with E-state index in [2.05, 4.69) is 15.0 Å². The average molecular weight is 538 g/mol. The molecule has 1 fully saturated rings. The average Bonchev–Trinajstić information content (AvgIpc) is 2.82. The van der Waals surface area contributed by atoms with Gasteiger partial charge < -0.3 is 24.4 Å². The monoisotopic (exact) mass is 537 g/mol. The number of benzene rings is 1. The van der Waals surface area contributed by atoms with Crippen LogP contribution in [0.3, 0.4) is 0 Å². The van der Waals surface area contributed by atoms with E-state index in [-0.39, 0.29) is 30.4 Å². The molecule has 0 spiro atoms. The minimum Gasteiger partial charge on any atom is -0.474 e. The maximum absolute atomic E-state index is 13.3. The highest BCUT2D eigenvalue weighted by Gasteiger charge is 2.39. The third kappa shape index (κ3) is 8.26. The number of carbonyl (C=O) groups excluding carboxylic acids is 2. The summed E-state index contributed by atoms with van der Waals surface area (Å²) in [6.07, 6.45) is -3.56. The Hall–Kier alpha value is -3.50. The van der Waals surface area contributed by atoms with E-state index in [9.17, 15) is 22.8 Å². The van der Waals surface area contributed by atoms with E-state index >= 15 is 0 Å². The molecule has 1 aromatic heterocycles. The van der Waals surface area contributed by atoms with E-state index in [0.717, 1.165) is 11.6 Å². The predicted octanol–water partition coefficient (Wildman–Crippen LogP) is 5.29. The number of amides is 2. The van der Waals surface area contributed by atoms with Gasteiger partial charge in [0.25, 0.3) is 5.88 Å². The second-order valence-electron chi connectivity index (χ2n) is 10.8. The number of hydrogen-bond acceptors (Lipinski definition) is 6. The fourth-order valence-corrected chi connectivity index (χ4v) is 4.02. The van der Waals surface area contributed by atoms with Crippen molar-refractivity contribution in [3.8, 4) is 11.6 Å². The van der Waals surface area contributed by atoms with Gasteiger partial charge >= 0.3 is 12.5 Å². The van der Waals surface area contributed by atoms with Crippen molar-refractivity contribution in [3.05, 3.63) is 54.2 Å². The molecule has 8 nitrogen and oxygen atoms in total. The van der Waals surface area contributed by atoms with Crippen LogP contribution in [-0.2, 0) is 9.53 Å². The smallest absolute Gasteiger partial charge is 0.474 e. The third-order valence-electron chi connectivity index (χ3n) is 5.96. The molecule has 2 atom stereocenters. The van der Waals surface area contributed by atoms with Crippen molar-refractivity contribution in [2.45, 2.75) is 65.0 Å². The quantitative estimate of drug-likeness (QED) is 0.516. The van der Waals surface area contributed by atoms with E-state index in [1.165, 1.54) is 12.3 Å². The Morgan fingerprint density at radius 1 is 1.05 bits per heavy atom. The molecule has 1 aromatic carbocycles. The van der Waals surface area contributed by atoms with Gasteiger partial charge in [-0.1, -0.05) is 30.3 Å². The zero-order chi connectivity index (χ0) is 28.1. The first-order valence-corrected chi connectivity index (χ1v) is 12.3. The van der Waals surface area contributed by atoms with E-state index in [4.69, 9.17) is 9.47 Å². The summed E-state index contributed by atoms with van der Waals surface area (Å²) in [4.78, 5) is 31.5. The zero-order valence-corrected chi connectivity index (χ0v) is 22.2. The van der Waals surface area contributed by atoms with Gasteiger partial charge in [0.2, 0.25) is 5.91 Å². The second kappa shape index (κ2) is 11.5. The fraction of sp³-hybridized carbons (Fsp3) is 0.519. The summed E-state index contributed by atoms with van der Waals surface area (Å²) in [5.74, 6) is -1.49. The Morgan fingerprint density at radius 2 is 1.74 bits per heavy atom. The molecule has 0 radical (unpaired) electrons. The van der Waals surface area contributed by atoms with Crippen molar-refractivity contribution < 1.29 is 37.0 Å². The number of halogens is 3. The van der Waals surface area contributed by atoms with Crippen molar-refractivity contribution in [1.29, 1.82) is 0 Å². The Bertz CT molecular complexity index is 1100. The molecule has 208 valence electrons. The van der Waals surface area contributed by atoms with Crippen molar-refractivity contribution in [2.75, 3.05) is 19.7 Å². The van der Waals surface area contributed by atoms with Crippen LogP contribution < -0.4 is 14.8 Å². The first-order chi connectivity index (χ1) is 17.6. The van der Waals surface area contributed by atoms with Crippen LogP contribution in [-0.4, -0.2) is 59.6 Å². The highest BCUT2D eigenvalue weighted by atomic mass is 19.4. The molecule has 1 aliphatic rings. The summed E-state index contributed by atoms with van der Waals surface area (Å²) in [6.45, 7) is 9.18. The summed E-state index contributed by atoms with van der Waals surface area (Å²) < 4.78 is 53.2.